The lowest BCUT2D eigenvalue weighted by Crippen LogP contribution is -2.26. The number of likely N-dealkylation sites (tertiary alicyclic amines) is 1. The van der Waals surface area contributed by atoms with Crippen molar-refractivity contribution in [1.82, 2.24) is 24.6 Å². The van der Waals surface area contributed by atoms with E-state index in [4.69, 9.17) is 0 Å². The van der Waals surface area contributed by atoms with Crippen molar-refractivity contribution >= 4 is 11.9 Å². The average Bonchev–Trinajstić information content (AvgIpc) is 3.09. The molecule has 0 bridgehead atoms. The number of anilines is 1. The third kappa shape index (κ3) is 3.57. The first-order valence-electron chi connectivity index (χ1n) is 7.64. The first-order valence-corrected chi connectivity index (χ1v) is 7.64. The quantitative estimate of drug-likeness (QED) is 0.907. The van der Waals surface area contributed by atoms with Gasteiger partial charge in [-0.15, -0.1) is 0 Å². The van der Waals surface area contributed by atoms with Gasteiger partial charge in [0.15, 0.2) is 0 Å². The zero-order valence-corrected chi connectivity index (χ0v) is 13.7. The van der Waals surface area contributed by atoms with Crippen LogP contribution in [-0.2, 0) is 18.0 Å². The van der Waals surface area contributed by atoms with E-state index < -0.39 is 11.9 Å². The van der Waals surface area contributed by atoms with E-state index >= 15 is 0 Å². The number of hydrogen-bond donors (Lipinski definition) is 1. The van der Waals surface area contributed by atoms with Crippen LogP contribution < -0.4 is 5.32 Å². The van der Waals surface area contributed by atoms with Crippen molar-refractivity contribution in [3.63, 3.8) is 0 Å². The molecular formula is C15H17F3N6O. The Morgan fingerprint density at radius 3 is 2.76 bits per heavy atom. The van der Waals surface area contributed by atoms with E-state index in [1.807, 2.05) is 6.20 Å². The van der Waals surface area contributed by atoms with Gasteiger partial charge in [-0.25, -0.2) is 9.97 Å². The molecule has 2 aromatic heterocycles. The molecule has 7 nitrogen and oxygen atoms in total. The van der Waals surface area contributed by atoms with Crippen LogP contribution in [0.25, 0.3) is 0 Å². The molecule has 3 rings (SSSR count). The van der Waals surface area contributed by atoms with Crippen molar-refractivity contribution in [3.8, 4) is 0 Å². The highest BCUT2D eigenvalue weighted by atomic mass is 19.4. The lowest BCUT2D eigenvalue weighted by atomic mass is 9.96. The number of hydrogen-bond acceptors (Lipinski definition) is 5. The molecule has 3 heterocycles. The molecule has 0 spiro atoms. The van der Waals surface area contributed by atoms with Gasteiger partial charge < -0.3 is 10.2 Å². The summed E-state index contributed by atoms with van der Waals surface area (Å²) in [4.78, 5) is 21.0. The summed E-state index contributed by atoms with van der Waals surface area (Å²) >= 11 is 0. The van der Waals surface area contributed by atoms with E-state index in [-0.39, 0.29) is 30.4 Å². The first-order chi connectivity index (χ1) is 11.8. The van der Waals surface area contributed by atoms with Crippen LogP contribution >= 0.6 is 0 Å². The summed E-state index contributed by atoms with van der Waals surface area (Å²) in [7, 11) is 3.49. The monoisotopic (exact) mass is 354 g/mol. The van der Waals surface area contributed by atoms with Crippen LogP contribution in [0.3, 0.4) is 0 Å². The highest BCUT2D eigenvalue weighted by Gasteiger charge is 2.39. The van der Waals surface area contributed by atoms with Crippen molar-refractivity contribution in [3.05, 3.63) is 35.9 Å². The second-order valence-corrected chi connectivity index (χ2v) is 6.01. The Labute approximate surface area is 141 Å². The zero-order chi connectivity index (χ0) is 18.2. The summed E-state index contributed by atoms with van der Waals surface area (Å²) in [5, 5.41) is 6.94. The third-order valence-corrected chi connectivity index (χ3v) is 4.23. The summed E-state index contributed by atoms with van der Waals surface area (Å²) < 4.78 is 39.8. The Hall–Kier alpha value is -2.65. The van der Waals surface area contributed by atoms with Crippen molar-refractivity contribution in [2.24, 2.45) is 13.0 Å². The van der Waals surface area contributed by atoms with Gasteiger partial charge in [0.05, 0.1) is 12.2 Å². The number of amides is 1. The van der Waals surface area contributed by atoms with Crippen molar-refractivity contribution in [1.29, 1.82) is 0 Å². The predicted octanol–water partition coefficient (Wildman–Crippen LogP) is 1.86. The Balaban J connectivity index is 1.74. The zero-order valence-electron chi connectivity index (χ0n) is 13.7. The van der Waals surface area contributed by atoms with Crippen molar-refractivity contribution < 1.29 is 18.0 Å². The van der Waals surface area contributed by atoms with Crippen LogP contribution in [0.5, 0.6) is 0 Å². The van der Waals surface area contributed by atoms with Crippen LogP contribution in [0.2, 0.25) is 0 Å². The number of halogens is 3. The number of alkyl halides is 3. The van der Waals surface area contributed by atoms with Crippen LogP contribution in [0.4, 0.5) is 19.1 Å². The van der Waals surface area contributed by atoms with Crippen molar-refractivity contribution in [2.45, 2.75) is 18.6 Å². The van der Waals surface area contributed by atoms with E-state index in [0.29, 0.717) is 6.42 Å². The lowest BCUT2D eigenvalue weighted by molar-refractivity contribution is -0.141. The van der Waals surface area contributed by atoms with Gasteiger partial charge in [0.1, 0.15) is 5.69 Å². The summed E-state index contributed by atoms with van der Waals surface area (Å²) in [6, 6.07) is 0.621. The second-order valence-electron chi connectivity index (χ2n) is 6.01. The molecule has 0 saturated carbocycles. The van der Waals surface area contributed by atoms with Gasteiger partial charge in [-0.05, 0) is 6.07 Å². The average molecular weight is 354 g/mol. The Bertz CT molecular complexity index is 775. The molecule has 1 aliphatic heterocycles. The third-order valence-electron chi connectivity index (χ3n) is 4.23. The smallest absolute Gasteiger partial charge is 0.354 e. The molecule has 2 atom stereocenters. The number of carbonyl (C=O) groups excluding carboxylic acids is 1. The van der Waals surface area contributed by atoms with Gasteiger partial charge >= 0.3 is 6.18 Å². The van der Waals surface area contributed by atoms with Gasteiger partial charge in [-0.3, -0.25) is 9.48 Å². The molecule has 0 aromatic carbocycles. The van der Waals surface area contributed by atoms with E-state index in [2.05, 4.69) is 20.4 Å². The first kappa shape index (κ1) is 17.2. The number of nitrogens with one attached hydrogen (secondary N) is 1. The highest BCUT2D eigenvalue weighted by Crippen LogP contribution is 2.36. The number of rotatable bonds is 4. The van der Waals surface area contributed by atoms with Crippen molar-refractivity contribution in [2.75, 3.05) is 18.9 Å². The lowest BCUT2D eigenvalue weighted by Gasteiger charge is -2.24. The maximum absolute atomic E-state index is 12.7. The molecule has 1 saturated heterocycles. The number of nitrogens with zero attached hydrogens (tertiary/aromatic N) is 5. The SMILES string of the molecule is CN1C(=O)C[C@@H](CNc2nccc(C(F)(F)F)n2)[C@@H]1c1cnn(C)c1. The minimum absolute atomic E-state index is 0.0226. The fourth-order valence-electron chi connectivity index (χ4n) is 3.05. The topological polar surface area (TPSA) is 75.9 Å². The van der Waals surface area contributed by atoms with Gasteiger partial charge in [0, 0.05) is 50.9 Å². The van der Waals surface area contributed by atoms with Gasteiger partial charge in [-0.1, -0.05) is 0 Å². The molecule has 134 valence electrons. The number of aryl methyl sites for hydroxylation is 1. The standard InChI is InChI=1S/C15H17F3N6O/c1-23-8-10(7-21-23)13-9(5-12(25)24(13)2)6-20-14-19-4-3-11(22-14)15(16,17)18/h3-4,7-9,13H,5-6H2,1-2H3,(H,19,20,22)/t9-,13+/m0/s1. The molecule has 0 aliphatic carbocycles. The van der Waals surface area contributed by atoms with Crippen LogP contribution in [-0.4, -0.2) is 44.1 Å². The van der Waals surface area contributed by atoms with E-state index in [0.717, 1.165) is 17.8 Å². The summed E-state index contributed by atoms with van der Waals surface area (Å²) in [5.74, 6) is -0.257. The van der Waals surface area contributed by atoms with Gasteiger partial charge in [0.2, 0.25) is 11.9 Å². The van der Waals surface area contributed by atoms with E-state index in [1.54, 1.807) is 29.9 Å². The molecule has 2 aromatic rings. The minimum atomic E-state index is -4.53. The fourth-order valence-corrected chi connectivity index (χ4v) is 3.05. The van der Waals surface area contributed by atoms with Gasteiger partial charge in [-0.2, -0.15) is 18.3 Å². The maximum atomic E-state index is 12.7. The predicted molar refractivity (Wildman–Crippen MR) is 82.3 cm³/mol. The number of aromatic nitrogens is 4. The Kier molecular flexibility index (Phi) is 4.36. The van der Waals surface area contributed by atoms with Crippen LogP contribution in [0.1, 0.15) is 23.7 Å². The Morgan fingerprint density at radius 1 is 1.36 bits per heavy atom. The maximum Gasteiger partial charge on any atom is 0.433 e. The largest absolute Gasteiger partial charge is 0.433 e. The fraction of sp³-hybridized carbons (Fsp3) is 0.467. The molecule has 1 amide bonds. The molecule has 1 fully saturated rings. The summed E-state index contributed by atoms with van der Waals surface area (Å²) in [5.41, 5.74) is -0.124. The minimum Gasteiger partial charge on any atom is -0.354 e. The highest BCUT2D eigenvalue weighted by molar-refractivity contribution is 5.79. The molecule has 25 heavy (non-hydrogen) atoms. The molecule has 1 aliphatic rings. The van der Waals surface area contributed by atoms with E-state index in [9.17, 15) is 18.0 Å². The molecule has 0 unspecified atom stereocenters. The van der Waals surface area contributed by atoms with Crippen LogP contribution in [0.15, 0.2) is 24.7 Å². The number of carbonyl (C=O) groups is 1. The van der Waals surface area contributed by atoms with Gasteiger partial charge in [0.25, 0.3) is 0 Å². The van der Waals surface area contributed by atoms with E-state index in [1.165, 1.54) is 0 Å². The molecule has 1 N–H and O–H groups in total. The summed E-state index contributed by atoms with van der Waals surface area (Å²) in [6.07, 6.45) is 0.340. The van der Waals surface area contributed by atoms with Crippen LogP contribution in [0, 0.1) is 5.92 Å². The Morgan fingerprint density at radius 2 is 2.12 bits per heavy atom. The summed E-state index contributed by atoms with van der Waals surface area (Å²) in [6.45, 7) is 0.275. The normalized spacial score (nSPS) is 21.0. The molecule has 10 heteroatoms. The molecule has 0 radical (unpaired) electrons. The second kappa shape index (κ2) is 6.34. The molecular weight excluding hydrogens is 337 g/mol.